The first-order chi connectivity index (χ1) is 7.80. The minimum atomic E-state index is -3.49. The molecule has 0 atom stereocenters. The number of carbonyl (C=O) groups is 1. The first kappa shape index (κ1) is 13.1. The fourth-order valence-corrected chi connectivity index (χ4v) is 2.04. The number of hydrogen-bond donors (Lipinski definition) is 1. The number of nitrogens with zero attached hydrogens (tertiary/aromatic N) is 1. The van der Waals surface area contributed by atoms with Gasteiger partial charge in [0.05, 0.1) is 10.6 Å². The lowest BCUT2D eigenvalue weighted by atomic mass is 10.3. The van der Waals surface area contributed by atoms with E-state index in [0.29, 0.717) is 0 Å². The number of nitro groups is 1. The minimum Gasteiger partial charge on any atom is -0.319 e. The van der Waals surface area contributed by atoms with Crippen molar-refractivity contribution >= 4 is 21.4 Å². The molecule has 1 N–H and O–H groups in total. The summed E-state index contributed by atoms with van der Waals surface area (Å²) in [4.78, 5) is 20.4. The summed E-state index contributed by atoms with van der Waals surface area (Å²) in [6.07, 6.45) is 0.992. The number of sulfone groups is 1. The van der Waals surface area contributed by atoms with Gasteiger partial charge in [-0.15, -0.1) is 0 Å². The second-order valence-corrected chi connectivity index (χ2v) is 5.29. The summed E-state index contributed by atoms with van der Waals surface area (Å²) < 4.78 is 22.7. The van der Waals surface area contributed by atoms with Crippen LogP contribution in [0.5, 0.6) is 0 Å². The van der Waals surface area contributed by atoms with Gasteiger partial charge in [0.15, 0.2) is 9.84 Å². The molecule has 0 aliphatic rings. The second-order valence-electron chi connectivity index (χ2n) is 3.31. The standard InChI is InChI=1S/C9H10N2O5S/c1-17(15,16)8-5-3-2-4-7(8)10-9(12)6-11(13)14/h2-5H,6H2,1H3,(H,10,12). The molecule has 1 rings (SSSR count). The molecule has 8 heteroatoms. The van der Waals surface area contributed by atoms with Crippen LogP contribution < -0.4 is 5.32 Å². The van der Waals surface area contributed by atoms with E-state index in [2.05, 4.69) is 5.32 Å². The van der Waals surface area contributed by atoms with Crippen LogP contribution in [0.3, 0.4) is 0 Å². The predicted octanol–water partition coefficient (Wildman–Crippen LogP) is 0.305. The highest BCUT2D eigenvalue weighted by molar-refractivity contribution is 7.90. The van der Waals surface area contributed by atoms with Gasteiger partial charge in [-0.1, -0.05) is 12.1 Å². The molecule has 0 saturated carbocycles. The second kappa shape index (κ2) is 4.91. The van der Waals surface area contributed by atoms with Crippen molar-refractivity contribution in [2.45, 2.75) is 4.90 Å². The zero-order valence-electron chi connectivity index (χ0n) is 8.91. The van der Waals surface area contributed by atoms with Crippen molar-refractivity contribution in [3.63, 3.8) is 0 Å². The average molecular weight is 258 g/mol. The van der Waals surface area contributed by atoms with Gasteiger partial charge in [-0.25, -0.2) is 8.42 Å². The summed E-state index contributed by atoms with van der Waals surface area (Å²) in [6.45, 7) is -0.905. The van der Waals surface area contributed by atoms with Crippen molar-refractivity contribution in [2.75, 3.05) is 18.1 Å². The molecule has 1 amide bonds. The van der Waals surface area contributed by atoms with Crippen LogP contribution in [-0.2, 0) is 14.6 Å². The Bertz CT molecular complexity index is 552. The summed E-state index contributed by atoms with van der Waals surface area (Å²) in [5.41, 5.74) is 0.0434. The van der Waals surface area contributed by atoms with Crippen LogP contribution in [0.4, 0.5) is 5.69 Å². The van der Waals surface area contributed by atoms with E-state index >= 15 is 0 Å². The van der Waals surface area contributed by atoms with Crippen molar-refractivity contribution in [1.29, 1.82) is 0 Å². The van der Waals surface area contributed by atoms with E-state index < -0.39 is 27.2 Å². The number of nitrogens with one attached hydrogen (secondary N) is 1. The molecule has 92 valence electrons. The van der Waals surface area contributed by atoms with E-state index in [4.69, 9.17) is 0 Å². The molecule has 0 fully saturated rings. The lowest BCUT2D eigenvalue weighted by Gasteiger charge is -2.07. The molecule has 0 unspecified atom stereocenters. The van der Waals surface area contributed by atoms with Gasteiger partial charge in [-0.3, -0.25) is 14.9 Å². The molecular weight excluding hydrogens is 248 g/mol. The van der Waals surface area contributed by atoms with Crippen molar-refractivity contribution in [2.24, 2.45) is 0 Å². The third-order valence-corrected chi connectivity index (χ3v) is 2.99. The van der Waals surface area contributed by atoms with Gasteiger partial charge in [0.2, 0.25) is 0 Å². The van der Waals surface area contributed by atoms with Crippen LogP contribution in [0.15, 0.2) is 29.2 Å². The molecule has 0 heterocycles. The molecule has 17 heavy (non-hydrogen) atoms. The Morgan fingerprint density at radius 2 is 2.00 bits per heavy atom. The van der Waals surface area contributed by atoms with Gasteiger partial charge in [0.25, 0.3) is 12.5 Å². The van der Waals surface area contributed by atoms with Crippen LogP contribution in [0, 0.1) is 10.1 Å². The molecule has 0 aromatic heterocycles. The largest absolute Gasteiger partial charge is 0.319 e. The Labute approximate surface area is 97.5 Å². The summed E-state index contributed by atoms with van der Waals surface area (Å²) in [5, 5.41) is 12.3. The van der Waals surface area contributed by atoms with Gasteiger partial charge in [0.1, 0.15) is 0 Å². The molecule has 0 radical (unpaired) electrons. The zero-order chi connectivity index (χ0) is 13.1. The molecule has 1 aromatic carbocycles. The smallest absolute Gasteiger partial charge is 0.296 e. The quantitative estimate of drug-likeness (QED) is 0.617. The van der Waals surface area contributed by atoms with E-state index in [1.54, 1.807) is 0 Å². The third kappa shape index (κ3) is 3.83. The highest BCUT2D eigenvalue weighted by Gasteiger charge is 2.16. The maximum atomic E-state index is 11.4. The molecule has 7 nitrogen and oxygen atoms in total. The Balaban J connectivity index is 3.00. The van der Waals surface area contributed by atoms with Crippen LogP contribution >= 0.6 is 0 Å². The number of hydrogen-bond acceptors (Lipinski definition) is 5. The van der Waals surface area contributed by atoms with Crippen LogP contribution in [0.25, 0.3) is 0 Å². The van der Waals surface area contributed by atoms with Gasteiger partial charge < -0.3 is 5.32 Å². The predicted molar refractivity (Wildman–Crippen MR) is 60.0 cm³/mol. The molecular formula is C9H10N2O5S. The van der Waals surface area contributed by atoms with Crippen molar-refractivity contribution < 1.29 is 18.1 Å². The van der Waals surface area contributed by atoms with Crippen LogP contribution in [0.1, 0.15) is 0 Å². The Morgan fingerprint density at radius 1 is 1.41 bits per heavy atom. The van der Waals surface area contributed by atoms with Crippen molar-refractivity contribution in [1.82, 2.24) is 0 Å². The van der Waals surface area contributed by atoms with Gasteiger partial charge in [-0.05, 0) is 12.1 Å². The summed E-state index contributed by atoms with van der Waals surface area (Å²) in [6, 6.07) is 5.71. The van der Waals surface area contributed by atoms with Crippen molar-refractivity contribution in [3.05, 3.63) is 34.4 Å². The van der Waals surface area contributed by atoms with Crippen LogP contribution in [-0.4, -0.2) is 32.0 Å². The lowest BCUT2D eigenvalue weighted by Crippen LogP contribution is -2.22. The molecule has 0 spiro atoms. The minimum absolute atomic E-state index is 0.0434. The summed E-state index contributed by atoms with van der Waals surface area (Å²) in [5.74, 6) is -0.869. The van der Waals surface area contributed by atoms with Crippen molar-refractivity contribution in [3.8, 4) is 0 Å². The topological polar surface area (TPSA) is 106 Å². The molecule has 0 bridgehead atoms. The Kier molecular flexibility index (Phi) is 3.79. The first-order valence-corrected chi connectivity index (χ1v) is 6.40. The fraction of sp³-hybridized carbons (Fsp3) is 0.222. The highest BCUT2D eigenvalue weighted by Crippen LogP contribution is 2.20. The SMILES string of the molecule is CS(=O)(=O)c1ccccc1NC(=O)C[N+](=O)[O-]. The van der Waals surface area contributed by atoms with Gasteiger partial charge >= 0.3 is 0 Å². The maximum Gasteiger partial charge on any atom is 0.296 e. The summed E-state index contributed by atoms with van der Waals surface area (Å²) >= 11 is 0. The Hall–Kier alpha value is -1.96. The van der Waals surface area contributed by atoms with E-state index in [0.717, 1.165) is 6.26 Å². The lowest BCUT2D eigenvalue weighted by molar-refractivity contribution is -0.467. The Morgan fingerprint density at radius 3 is 2.53 bits per heavy atom. The van der Waals surface area contributed by atoms with Gasteiger partial charge in [0, 0.05) is 11.2 Å². The molecule has 0 aliphatic heterocycles. The first-order valence-electron chi connectivity index (χ1n) is 4.51. The number of amides is 1. The number of rotatable bonds is 4. The number of anilines is 1. The zero-order valence-corrected chi connectivity index (χ0v) is 9.73. The number of para-hydroxylation sites is 1. The molecule has 0 aliphatic carbocycles. The van der Waals surface area contributed by atoms with E-state index in [9.17, 15) is 23.3 Å². The summed E-state index contributed by atoms with van der Waals surface area (Å²) in [7, 11) is -3.49. The molecule has 1 aromatic rings. The average Bonchev–Trinajstić information content (AvgIpc) is 2.15. The van der Waals surface area contributed by atoms with Gasteiger partial charge in [-0.2, -0.15) is 0 Å². The van der Waals surface area contributed by atoms with E-state index in [1.807, 2.05) is 0 Å². The normalized spacial score (nSPS) is 10.9. The maximum absolute atomic E-state index is 11.4. The van der Waals surface area contributed by atoms with Crippen LogP contribution in [0.2, 0.25) is 0 Å². The highest BCUT2D eigenvalue weighted by atomic mass is 32.2. The van der Waals surface area contributed by atoms with E-state index in [-0.39, 0.29) is 10.6 Å². The monoisotopic (exact) mass is 258 g/mol. The number of benzene rings is 1. The number of carbonyl (C=O) groups excluding carboxylic acids is 1. The third-order valence-electron chi connectivity index (χ3n) is 1.83. The van der Waals surface area contributed by atoms with E-state index in [1.165, 1.54) is 24.3 Å². The molecule has 0 saturated heterocycles. The fourth-order valence-electron chi connectivity index (χ4n) is 1.20.